The summed E-state index contributed by atoms with van der Waals surface area (Å²) in [6.45, 7) is 0. The standard InChI is InChI=1S/2C15H14Cl2N2O4S/c2*16-11-5-8(18)6-12(17)15(11)23-10-3-4-13(20)14(7-10)24(21,22)19-9-1-2-9/h2*3-7,9,19-20H,1-2,18H2. The number of nitrogens with one attached hydrogen (secondary N) is 2. The number of phenols is 2. The summed E-state index contributed by atoms with van der Waals surface area (Å²) in [6, 6.07) is 13.4. The molecule has 2 saturated carbocycles. The van der Waals surface area contributed by atoms with Crippen molar-refractivity contribution in [2.75, 3.05) is 11.5 Å². The monoisotopic (exact) mass is 776 g/mol. The van der Waals surface area contributed by atoms with E-state index in [1.165, 1.54) is 60.7 Å². The number of ether oxygens (including phenoxy) is 2. The van der Waals surface area contributed by atoms with Crippen LogP contribution in [-0.2, 0) is 20.0 Å². The van der Waals surface area contributed by atoms with Crippen molar-refractivity contribution in [2.45, 2.75) is 47.6 Å². The van der Waals surface area contributed by atoms with E-state index in [9.17, 15) is 27.0 Å². The van der Waals surface area contributed by atoms with E-state index < -0.39 is 20.0 Å². The van der Waals surface area contributed by atoms with Gasteiger partial charge in [-0.3, -0.25) is 0 Å². The van der Waals surface area contributed by atoms with Crippen molar-refractivity contribution >= 4 is 77.8 Å². The molecule has 18 heteroatoms. The first-order valence-electron chi connectivity index (χ1n) is 14.1. The average molecular weight is 779 g/mol. The van der Waals surface area contributed by atoms with Gasteiger partial charge in [0.2, 0.25) is 20.0 Å². The van der Waals surface area contributed by atoms with Gasteiger partial charge in [0.1, 0.15) is 32.8 Å². The number of sulfonamides is 2. The summed E-state index contributed by atoms with van der Waals surface area (Å²) in [7, 11) is -7.67. The van der Waals surface area contributed by atoms with Gasteiger partial charge in [0.15, 0.2) is 11.5 Å². The van der Waals surface area contributed by atoms with Crippen LogP contribution in [0.1, 0.15) is 25.7 Å². The highest BCUT2D eigenvalue weighted by molar-refractivity contribution is 7.90. The van der Waals surface area contributed by atoms with Crippen molar-refractivity contribution in [3.05, 3.63) is 80.8 Å². The van der Waals surface area contributed by atoms with E-state index in [0.717, 1.165) is 25.7 Å². The van der Waals surface area contributed by atoms with Gasteiger partial charge in [-0.05, 0) is 74.2 Å². The van der Waals surface area contributed by atoms with E-state index in [0.29, 0.717) is 11.4 Å². The van der Waals surface area contributed by atoms with Gasteiger partial charge in [0, 0.05) is 35.6 Å². The lowest BCUT2D eigenvalue weighted by Crippen LogP contribution is -2.25. The van der Waals surface area contributed by atoms with Crippen LogP contribution < -0.4 is 30.4 Å². The molecule has 0 amide bonds. The zero-order chi connectivity index (χ0) is 35.0. The quantitative estimate of drug-likeness (QED) is 0.0908. The van der Waals surface area contributed by atoms with Gasteiger partial charge in [-0.2, -0.15) is 0 Å². The van der Waals surface area contributed by atoms with Gasteiger partial charge in [-0.25, -0.2) is 26.3 Å². The van der Waals surface area contributed by atoms with Crippen LogP contribution in [0.3, 0.4) is 0 Å². The Morgan fingerprint density at radius 1 is 0.583 bits per heavy atom. The molecule has 2 aliphatic rings. The van der Waals surface area contributed by atoms with Crippen molar-refractivity contribution in [1.82, 2.24) is 9.44 Å². The van der Waals surface area contributed by atoms with Gasteiger partial charge in [-0.1, -0.05) is 46.4 Å². The molecule has 2 aliphatic carbocycles. The van der Waals surface area contributed by atoms with E-state index in [1.807, 2.05) is 0 Å². The maximum Gasteiger partial charge on any atom is 0.244 e. The van der Waals surface area contributed by atoms with E-state index in [4.69, 9.17) is 67.3 Å². The largest absolute Gasteiger partial charge is 0.507 e. The van der Waals surface area contributed by atoms with Crippen LogP contribution in [0.5, 0.6) is 34.5 Å². The molecule has 4 aromatic carbocycles. The molecule has 0 bridgehead atoms. The first-order chi connectivity index (χ1) is 22.5. The Labute approximate surface area is 296 Å². The molecule has 0 heterocycles. The van der Waals surface area contributed by atoms with Gasteiger partial charge in [0.05, 0.1) is 20.1 Å². The molecule has 4 aromatic rings. The van der Waals surface area contributed by atoms with Crippen LogP contribution in [0.15, 0.2) is 70.5 Å². The molecule has 12 nitrogen and oxygen atoms in total. The maximum atomic E-state index is 12.3. The number of hydrogen-bond donors (Lipinski definition) is 6. The fraction of sp³-hybridized carbons (Fsp3) is 0.200. The number of hydrogen-bond acceptors (Lipinski definition) is 10. The first kappa shape index (κ1) is 36.0. The molecule has 6 rings (SSSR count). The van der Waals surface area contributed by atoms with E-state index in [1.54, 1.807) is 0 Å². The Hall–Kier alpha value is -3.34. The first-order valence-corrected chi connectivity index (χ1v) is 18.6. The lowest BCUT2D eigenvalue weighted by atomic mass is 10.3. The Morgan fingerprint density at radius 3 is 1.19 bits per heavy atom. The van der Waals surface area contributed by atoms with Crippen LogP contribution in [-0.4, -0.2) is 39.1 Å². The van der Waals surface area contributed by atoms with Crippen LogP contribution >= 0.6 is 46.4 Å². The predicted molar refractivity (Wildman–Crippen MR) is 185 cm³/mol. The molecule has 0 unspecified atom stereocenters. The van der Waals surface area contributed by atoms with Gasteiger partial charge in [-0.15, -0.1) is 0 Å². The molecule has 0 atom stereocenters. The lowest BCUT2D eigenvalue weighted by Gasteiger charge is -2.13. The normalized spacial score (nSPS) is 14.6. The van der Waals surface area contributed by atoms with Crippen LogP contribution in [0.4, 0.5) is 11.4 Å². The molecule has 0 radical (unpaired) electrons. The number of phenolic OH excluding ortho intramolecular Hbond substituents is 2. The maximum absolute atomic E-state index is 12.3. The van der Waals surface area contributed by atoms with Crippen molar-refractivity contribution in [1.29, 1.82) is 0 Å². The molecule has 8 N–H and O–H groups in total. The second kappa shape index (κ2) is 14.3. The van der Waals surface area contributed by atoms with Crippen LogP contribution in [0, 0.1) is 0 Å². The highest BCUT2D eigenvalue weighted by atomic mass is 35.5. The lowest BCUT2D eigenvalue weighted by molar-refractivity contribution is 0.447. The summed E-state index contributed by atoms with van der Waals surface area (Å²) in [5.74, 6) is -0.112. The van der Waals surface area contributed by atoms with E-state index >= 15 is 0 Å². The van der Waals surface area contributed by atoms with E-state index in [-0.39, 0.29) is 76.5 Å². The smallest absolute Gasteiger partial charge is 0.244 e. The number of nitrogens with two attached hydrogens (primary N) is 2. The highest BCUT2D eigenvalue weighted by Crippen LogP contribution is 2.41. The Bertz CT molecular complexity index is 1900. The minimum Gasteiger partial charge on any atom is -0.507 e. The molecular formula is C30H28Cl4N4O8S2. The van der Waals surface area contributed by atoms with Gasteiger partial charge in [0.25, 0.3) is 0 Å². The molecular weight excluding hydrogens is 750 g/mol. The predicted octanol–water partition coefficient (Wildman–Crippen LogP) is 7.03. The molecule has 0 aromatic heterocycles. The summed E-state index contributed by atoms with van der Waals surface area (Å²) in [5, 5.41) is 20.5. The SMILES string of the molecule is Nc1cc(Cl)c(Oc2ccc(O)c(S(=O)(=O)NC3CC3)c2)c(Cl)c1.Nc1cc(Cl)c(Oc2ccc(O)c(S(=O)(=O)NC3CC3)c2)c(Cl)c1. The summed E-state index contributed by atoms with van der Waals surface area (Å²) < 4.78 is 65.3. The van der Waals surface area contributed by atoms with Crippen LogP contribution in [0.2, 0.25) is 20.1 Å². The zero-order valence-corrected chi connectivity index (χ0v) is 29.2. The molecule has 0 aliphatic heterocycles. The zero-order valence-electron chi connectivity index (χ0n) is 24.6. The minimum absolute atomic E-state index is 0.0834. The molecule has 0 spiro atoms. The molecule has 256 valence electrons. The topological polar surface area (TPSA) is 203 Å². The summed E-state index contributed by atoms with van der Waals surface area (Å²) in [6.07, 6.45) is 3.14. The second-order valence-corrected chi connectivity index (χ2v) is 15.9. The third-order valence-electron chi connectivity index (χ3n) is 6.72. The Balaban J connectivity index is 0.000000188. The highest BCUT2D eigenvalue weighted by Gasteiger charge is 2.31. The fourth-order valence-corrected chi connectivity index (χ4v) is 8.10. The van der Waals surface area contributed by atoms with Crippen molar-refractivity contribution < 1.29 is 36.5 Å². The minimum atomic E-state index is -3.84. The number of rotatable bonds is 10. The third kappa shape index (κ3) is 9.01. The third-order valence-corrected chi connectivity index (χ3v) is 10.9. The number of anilines is 2. The number of aromatic hydroxyl groups is 2. The van der Waals surface area contributed by atoms with E-state index in [2.05, 4.69) is 9.44 Å². The Kier molecular flexibility index (Phi) is 10.7. The molecule has 0 saturated heterocycles. The summed E-state index contributed by atoms with van der Waals surface area (Å²) in [4.78, 5) is -0.538. The van der Waals surface area contributed by atoms with Crippen LogP contribution in [0.25, 0.3) is 0 Å². The summed E-state index contributed by atoms with van der Waals surface area (Å²) >= 11 is 24.2. The molecule has 2 fully saturated rings. The van der Waals surface area contributed by atoms with Crippen molar-refractivity contribution in [3.8, 4) is 34.5 Å². The number of nitrogen functional groups attached to an aromatic ring is 2. The van der Waals surface area contributed by atoms with Crippen molar-refractivity contribution in [2.24, 2.45) is 0 Å². The Morgan fingerprint density at radius 2 is 0.896 bits per heavy atom. The summed E-state index contributed by atoms with van der Waals surface area (Å²) in [5.41, 5.74) is 12.0. The molecule has 48 heavy (non-hydrogen) atoms. The number of benzene rings is 4. The van der Waals surface area contributed by atoms with Gasteiger partial charge >= 0.3 is 0 Å². The van der Waals surface area contributed by atoms with Gasteiger partial charge < -0.3 is 31.2 Å². The second-order valence-electron chi connectivity index (χ2n) is 10.9. The van der Waals surface area contributed by atoms with Crippen molar-refractivity contribution in [3.63, 3.8) is 0 Å². The fourth-order valence-electron chi connectivity index (χ4n) is 4.10. The average Bonchev–Trinajstić information content (AvgIpc) is 3.93. The number of halogens is 4.